The van der Waals surface area contributed by atoms with Gasteiger partial charge in [-0.05, 0) is 17.7 Å². The molecule has 4 heteroatoms. The highest BCUT2D eigenvalue weighted by Gasteiger charge is 2.41. The van der Waals surface area contributed by atoms with Crippen LogP contribution in [-0.4, -0.2) is 35.1 Å². The van der Waals surface area contributed by atoms with Crippen molar-refractivity contribution in [3.05, 3.63) is 70.7 Å². The molecule has 1 fully saturated rings. The van der Waals surface area contributed by atoms with Gasteiger partial charge in [-0.25, -0.2) is 0 Å². The largest absolute Gasteiger partial charge is 0.378 e. The van der Waals surface area contributed by atoms with E-state index < -0.39 is 6.10 Å². The first-order valence-corrected chi connectivity index (χ1v) is 8.20. The van der Waals surface area contributed by atoms with Gasteiger partial charge >= 0.3 is 0 Å². The number of nitrogens with zero attached hydrogens (tertiary/aromatic N) is 1. The molecule has 1 aliphatic heterocycles. The van der Waals surface area contributed by atoms with Crippen molar-refractivity contribution < 1.29 is 9.90 Å². The SMILES string of the molecule is CN1C(=O)C[C@H](c2ccccc2)[C@@H]1C(O)C#Cc1ccccc1Cl. The standard InChI is InChI=1S/C20H18ClNO2/c1-22-19(24)13-16(14-7-3-2-4-8-14)20(22)18(23)12-11-15-9-5-6-10-17(15)21/h2-10,16,18,20,23H,13H2,1H3/t16-,18?,20-/m1/s1. The van der Waals surface area contributed by atoms with Crippen molar-refractivity contribution in [3.8, 4) is 11.8 Å². The topological polar surface area (TPSA) is 40.5 Å². The van der Waals surface area contributed by atoms with Crippen LogP contribution in [0.2, 0.25) is 5.02 Å². The van der Waals surface area contributed by atoms with Gasteiger partial charge in [-0.1, -0.05) is 65.9 Å². The third kappa shape index (κ3) is 3.31. The number of rotatable bonds is 2. The van der Waals surface area contributed by atoms with Crippen molar-refractivity contribution in [1.29, 1.82) is 0 Å². The summed E-state index contributed by atoms with van der Waals surface area (Å²) in [5.74, 6) is 5.74. The van der Waals surface area contributed by atoms with Crippen molar-refractivity contribution >= 4 is 17.5 Å². The Morgan fingerprint density at radius 2 is 1.83 bits per heavy atom. The molecule has 0 spiro atoms. The highest BCUT2D eigenvalue weighted by Crippen LogP contribution is 2.35. The van der Waals surface area contributed by atoms with E-state index in [-0.39, 0.29) is 17.9 Å². The lowest BCUT2D eigenvalue weighted by Crippen LogP contribution is -2.40. The third-order valence-corrected chi connectivity index (χ3v) is 4.76. The minimum absolute atomic E-state index is 0.0208. The summed E-state index contributed by atoms with van der Waals surface area (Å²) in [6.45, 7) is 0. The first-order chi connectivity index (χ1) is 11.6. The van der Waals surface area contributed by atoms with Crippen LogP contribution in [-0.2, 0) is 4.79 Å². The Hall–Kier alpha value is -2.28. The number of amides is 1. The second-order valence-corrected chi connectivity index (χ2v) is 6.32. The number of hydrogen-bond donors (Lipinski definition) is 1. The highest BCUT2D eigenvalue weighted by atomic mass is 35.5. The first-order valence-electron chi connectivity index (χ1n) is 7.82. The fraction of sp³-hybridized carbons (Fsp3) is 0.250. The van der Waals surface area contributed by atoms with Crippen LogP contribution in [0.4, 0.5) is 0 Å². The molecule has 2 aromatic rings. The van der Waals surface area contributed by atoms with Crippen molar-refractivity contribution in [2.75, 3.05) is 7.05 Å². The lowest BCUT2D eigenvalue weighted by Gasteiger charge is -2.27. The van der Waals surface area contributed by atoms with Crippen LogP contribution in [0.1, 0.15) is 23.5 Å². The van der Waals surface area contributed by atoms with Gasteiger partial charge < -0.3 is 10.0 Å². The molecular formula is C20H18ClNO2. The molecule has 3 nitrogen and oxygen atoms in total. The number of benzene rings is 2. The summed E-state index contributed by atoms with van der Waals surface area (Å²) in [5, 5.41) is 11.2. The van der Waals surface area contributed by atoms with E-state index >= 15 is 0 Å². The van der Waals surface area contributed by atoms with E-state index in [1.54, 1.807) is 24.1 Å². The van der Waals surface area contributed by atoms with Crippen LogP contribution >= 0.6 is 11.6 Å². The minimum atomic E-state index is -0.942. The predicted molar refractivity (Wildman–Crippen MR) is 94.7 cm³/mol. The Kier molecular flexibility index (Phi) is 4.89. The van der Waals surface area contributed by atoms with E-state index in [9.17, 15) is 9.90 Å². The molecule has 122 valence electrons. The van der Waals surface area contributed by atoms with E-state index in [0.29, 0.717) is 17.0 Å². The lowest BCUT2D eigenvalue weighted by atomic mass is 9.88. The summed E-state index contributed by atoms with van der Waals surface area (Å²) in [6.07, 6.45) is -0.557. The van der Waals surface area contributed by atoms with E-state index in [4.69, 9.17) is 11.6 Å². The zero-order valence-electron chi connectivity index (χ0n) is 13.3. The van der Waals surface area contributed by atoms with Gasteiger partial charge in [0.25, 0.3) is 0 Å². The second-order valence-electron chi connectivity index (χ2n) is 5.91. The molecule has 1 saturated heterocycles. The molecule has 1 heterocycles. The molecule has 24 heavy (non-hydrogen) atoms. The molecule has 0 aromatic heterocycles. The monoisotopic (exact) mass is 339 g/mol. The summed E-state index contributed by atoms with van der Waals surface area (Å²) in [5.41, 5.74) is 1.71. The summed E-state index contributed by atoms with van der Waals surface area (Å²) < 4.78 is 0. The van der Waals surface area contributed by atoms with E-state index in [1.165, 1.54) is 0 Å². The van der Waals surface area contributed by atoms with Gasteiger partial charge in [0.05, 0.1) is 11.1 Å². The van der Waals surface area contributed by atoms with Crippen LogP contribution in [0.3, 0.4) is 0 Å². The smallest absolute Gasteiger partial charge is 0.223 e. The molecule has 1 aliphatic rings. The number of likely N-dealkylation sites (tertiary alicyclic amines) is 1. The number of hydrogen-bond acceptors (Lipinski definition) is 2. The molecule has 1 amide bonds. The third-order valence-electron chi connectivity index (χ3n) is 4.43. The Morgan fingerprint density at radius 1 is 1.17 bits per heavy atom. The lowest BCUT2D eigenvalue weighted by molar-refractivity contribution is -0.128. The molecule has 3 rings (SSSR count). The van der Waals surface area contributed by atoms with Crippen LogP contribution in [0, 0.1) is 11.8 Å². The molecule has 1 N–H and O–H groups in total. The van der Waals surface area contributed by atoms with Crippen LogP contribution < -0.4 is 0 Å². The normalized spacial score (nSPS) is 21.3. The minimum Gasteiger partial charge on any atom is -0.378 e. The van der Waals surface area contributed by atoms with Gasteiger partial charge in [0, 0.05) is 24.9 Å². The molecule has 1 unspecified atom stereocenters. The number of halogens is 1. The van der Waals surface area contributed by atoms with Crippen LogP contribution in [0.25, 0.3) is 0 Å². The van der Waals surface area contributed by atoms with Gasteiger partial charge in [-0.3, -0.25) is 4.79 Å². The maximum Gasteiger partial charge on any atom is 0.223 e. The van der Waals surface area contributed by atoms with E-state index in [0.717, 1.165) is 5.56 Å². The summed E-state index contributed by atoms with van der Waals surface area (Å²) >= 11 is 6.10. The average molecular weight is 340 g/mol. The van der Waals surface area contributed by atoms with Gasteiger partial charge in [0.2, 0.25) is 5.91 Å². The van der Waals surface area contributed by atoms with Crippen molar-refractivity contribution in [1.82, 2.24) is 4.90 Å². The van der Waals surface area contributed by atoms with Crippen molar-refractivity contribution in [3.63, 3.8) is 0 Å². The maximum absolute atomic E-state index is 12.1. The Labute approximate surface area is 146 Å². The number of likely N-dealkylation sites (N-methyl/N-ethyl adjacent to an activating group) is 1. The Balaban J connectivity index is 1.88. The molecule has 0 aliphatic carbocycles. The fourth-order valence-corrected chi connectivity index (χ4v) is 3.32. The fourth-order valence-electron chi connectivity index (χ4n) is 3.14. The number of carbonyl (C=O) groups excluding carboxylic acids is 1. The van der Waals surface area contributed by atoms with Gasteiger partial charge in [0.1, 0.15) is 6.10 Å². The van der Waals surface area contributed by atoms with E-state index in [2.05, 4.69) is 11.8 Å². The number of carbonyl (C=O) groups is 1. The Morgan fingerprint density at radius 3 is 2.54 bits per heavy atom. The summed E-state index contributed by atoms with van der Waals surface area (Å²) in [7, 11) is 1.72. The zero-order chi connectivity index (χ0) is 17.1. The van der Waals surface area contributed by atoms with Crippen LogP contribution in [0.5, 0.6) is 0 Å². The van der Waals surface area contributed by atoms with Crippen molar-refractivity contribution in [2.45, 2.75) is 24.5 Å². The highest BCUT2D eigenvalue weighted by molar-refractivity contribution is 6.31. The number of aliphatic hydroxyl groups is 1. The average Bonchev–Trinajstić information content (AvgIpc) is 2.90. The van der Waals surface area contributed by atoms with Gasteiger partial charge in [0.15, 0.2) is 0 Å². The first kappa shape index (κ1) is 16.6. The van der Waals surface area contributed by atoms with Gasteiger partial charge in [-0.15, -0.1) is 0 Å². The maximum atomic E-state index is 12.1. The van der Waals surface area contributed by atoms with Crippen LogP contribution in [0.15, 0.2) is 54.6 Å². The molecule has 0 bridgehead atoms. The summed E-state index contributed by atoms with van der Waals surface area (Å²) in [4.78, 5) is 13.7. The summed E-state index contributed by atoms with van der Waals surface area (Å²) in [6, 6.07) is 16.7. The quantitative estimate of drug-likeness (QED) is 0.854. The second kappa shape index (κ2) is 7.09. The van der Waals surface area contributed by atoms with Crippen molar-refractivity contribution in [2.24, 2.45) is 0 Å². The predicted octanol–water partition coefficient (Wildman–Crippen LogP) is 3.07. The Bertz CT molecular complexity index is 794. The molecule has 3 atom stereocenters. The molecular weight excluding hydrogens is 322 g/mol. The number of aliphatic hydroxyl groups excluding tert-OH is 1. The molecule has 2 aromatic carbocycles. The van der Waals surface area contributed by atoms with E-state index in [1.807, 2.05) is 42.5 Å². The molecule has 0 radical (unpaired) electrons. The zero-order valence-corrected chi connectivity index (χ0v) is 14.1. The van der Waals surface area contributed by atoms with Gasteiger partial charge in [-0.2, -0.15) is 0 Å². The molecule has 0 saturated carbocycles.